The average molecular weight is 457 g/mol. The third-order valence-corrected chi connectivity index (χ3v) is 6.58. The molecule has 1 unspecified atom stereocenters. The summed E-state index contributed by atoms with van der Waals surface area (Å²) in [5, 5.41) is 9.01. The Morgan fingerprint density at radius 3 is 2.34 bits per heavy atom. The lowest BCUT2D eigenvalue weighted by Crippen LogP contribution is -2.38. The normalized spacial score (nSPS) is 12.4. The highest BCUT2D eigenvalue weighted by Gasteiger charge is 2.18. The Bertz CT molecular complexity index is 1190. The third kappa shape index (κ3) is 5.40. The minimum absolute atomic E-state index is 0.0717. The molecule has 10 heteroatoms. The molecule has 2 N–H and O–H groups in total. The largest absolute Gasteiger partial charge is 0.355 e. The number of benzene rings is 2. The zero-order chi connectivity index (χ0) is 23.3. The summed E-state index contributed by atoms with van der Waals surface area (Å²) in [5.41, 5.74) is 1.59. The predicted octanol–water partition coefficient (Wildman–Crippen LogP) is 2.20. The van der Waals surface area contributed by atoms with E-state index in [4.69, 9.17) is 4.52 Å². The van der Waals surface area contributed by atoms with Crippen molar-refractivity contribution in [1.29, 1.82) is 0 Å². The number of carbonyl (C=O) groups is 2. The Hall–Kier alpha value is -3.50. The topological polar surface area (TPSA) is 122 Å². The summed E-state index contributed by atoms with van der Waals surface area (Å²) >= 11 is 0. The van der Waals surface area contributed by atoms with E-state index < -0.39 is 21.8 Å². The fourth-order valence-corrected chi connectivity index (χ4v) is 3.79. The average Bonchev–Trinajstić information content (AvgIpc) is 3.28. The van der Waals surface area contributed by atoms with Crippen molar-refractivity contribution in [2.24, 2.45) is 0 Å². The van der Waals surface area contributed by atoms with E-state index in [9.17, 15) is 18.0 Å². The molecule has 3 aromatic rings. The molecule has 2 amide bonds. The molecule has 0 aliphatic heterocycles. The molecule has 0 fully saturated rings. The zero-order valence-corrected chi connectivity index (χ0v) is 18.7. The monoisotopic (exact) mass is 456 g/mol. The quantitative estimate of drug-likeness (QED) is 0.536. The molecule has 0 radical (unpaired) electrons. The summed E-state index contributed by atoms with van der Waals surface area (Å²) < 4.78 is 30.6. The van der Waals surface area contributed by atoms with E-state index in [1.807, 2.05) is 30.3 Å². The summed E-state index contributed by atoms with van der Waals surface area (Å²) in [6, 6.07) is 16.6. The maximum absolute atomic E-state index is 12.3. The van der Waals surface area contributed by atoms with Crippen LogP contribution in [0.5, 0.6) is 0 Å². The van der Waals surface area contributed by atoms with Crippen LogP contribution in [-0.2, 0) is 14.8 Å². The van der Waals surface area contributed by atoms with Gasteiger partial charge in [0.05, 0.1) is 17.5 Å². The van der Waals surface area contributed by atoms with Gasteiger partial charge in [0, 0.05) is 25.7 Å². The highest BCUT2D eigenvalue weighted by atomic mass is 32.2. The zero-order valence-electron chi connectivity index (χ0n) is 17.9. The Morgan fingerprint density at radius 2 is 1.72 bits per heavy atom. The first kappa shape index (κ1) is 23.2. The molecule has 32 heavy (non-hydrogen) atoms. The van der Waals surface area contributed by atoms with E-state index in [1.165, 1.54) is 32.3 Å². The number of carbonyl (C=O) groups excluding carboxylic acids is 2. The summed E-state index contributed by atoms with van der Waals surface area (Å²) in [6.45, 7) is 1.52. The SMILES string of the molecule is CC(NC(=O)CNC(=O)c1cc(-c2ccccc2)on1)c1ccc(S(=O)(=O)N(C)C)cc1. The molecule has 1 heterocycles. The molecule has 0 saturated carbocycles. The van der Waals surface area contributed by atoms with Gasteiger partial charge in [-0.25, -0.2) is 12.7 Å². The number of nitrogens with one attached hydrogen (secondary N) is 2. The van der Waals surface area contributed by atoms with Gasteiger partial charge >= 0.3 is 0 Å². The van der Waals surface area contributed by atoms with Gasteiger partial charge in [0.25, 0.3) is 5.91 Å². The molecule has 168 valence electrons. The van der Waals surface area contributed by atoms with E-state index in [2.05, 4.69) is 15.8 Å². The highest BCUT2D eigenvalue weighted by Crippen LogP contribution is 2.20. The van der Waals surface area contributed by atoms with Crippen molar-refractivity contribution < 1.29 is 22.5 Å². The van der Waals surface area contributed by atoms with Gasteiger partial charge in [0.2, 0.25) is 15.9 Å². The second kappa shape index (κ2) is 9.75. The lowest BCUT2D eigenvalue weighted by Gasteiger charge is -2.16. The minimum atomic E-state index is -3.52. The molecule has 1 aromatic heterocycles. The lowest BCUT2D eigenvalue weighted by atomic mass is 10.1. The molecule has 0 aliphatic rings. The van der Waals surface area contributed by atoms with Crippen LogP contribution < -0.4 is 10.6 Å². The molecule has 0 bridgehead atoms. The predicted molar refractivity (Wildman–Crippen MR) is 118 cm³/mol. The molecule has 1 atom stereocenters. The number of hydrogen-bond donors (Lipinski definition) is 2. The number of hydrogen-bond acceptors (Lipinski definition) is 6. The summed E-state index contributed by atoms with van der Waals surface area (Å²) in [7, 11) is -0.598. The molecule has 0 saturated heterocycles. The van der Waals surface area contributed by atoms with Crippen LogP contribution in [0.25, 0.3) is 11.3 Å². The van der Waals surface area contributed by atoms with Gasteiger partial charge in [-0.2, -0.15) is 0 Å². The smallest absolute Gasteiger partial charge is 0.273 e. The van der Waals surface area contributed by atoms with Crippen LogP contribution in [0, 0.1) is 0 Å². The van der Waals surface area contributed by atoms with Crippen LogP contribution >= 0.6 is 0 Å². The van der Waals surface area contributed by atoms with E-state index in [1.54, 1.807) is 19.1 Å². The van der Waals surface area contributed by atoms with E-state index in [-0.39, 0.29) is 23.2 Å². The van der Waals surface area contributed by atoms with Gasteiger partial charge in [-0.15, -0.1) is 0 Å². The Morgan fingerprint density at radius 1 is 1.06 bits per heavy atom. The molecule has 9 nitrogen and oxygen atoms in total. The van der Waals surface area contributed by atoms with E-state index >= 15 is 0 Å². The van der Waals surface area contributed by atoms with Gasteiger partial charge in [-0.05, 0) is 24.6 Å². The molecular weight excluding hydrogens is 432 g/mol. The lowest BCUT2D eigenvalue weighted by molar-refractivity contribution is -0.120. The van der Waals surface area contributed by atoms with Crippen LogP contribution in [0.4, 0.5) is 0 Å². The number of aromatic nitrogens is 1. The maximum atomic E-state index is 12.3. The maximum Gasteiger partial charge on any atom is 0.273 e. The summed E-state index contributed by atoms with van der Waals surface area (Å²) in [5.74, 6) is -0.479. The Balaban J connectivity index is 1.53. The third-order valence-electron chi connectivity index (χ3n) is 4.75. The van der Waals surface area contributed by atoms with E-state index in [0.717, 1.165) is 15.4 Å². The number of amides is 2. The standard InChI is InChI=1S/C22H24N4O5S/c1-15(16-9-11-18(12-10-16)32(29,30)26(2)3)24-21(27)14-23-22(28)19-13-20(31-25-19)17-7-5-4-6-8-17/h4-13,15H,14H2,1-3H3,(H,23,28)(H,24,27). The van der Waals surface area contributed by atoms with E-state index in [0.29, 0.717) is 5.76 Å². The van der Waals surface area contributed by atoms with Gasteiger partial charge in [0.15, 0.2) is 11.5 Å². The summed E-state index contributed by atoms with van der Waals surface area (Å²) in [4.78, 5) is 24.7. The van der Waals surface area contributed by atoms with Gasteiger partial charge in [-0.1, -0.05) is 47.6 Å². The molecule has 2 aromatic carbocycles. The van der Waals surface area contributed by atoms with Crippen LogP contribution in [0.2, 0.25) is 0 Å². The van der Waals surface area contributed by atoms with Crippen molar-refractivity contribution in [3.63, 3.8) is 0 Å². The fraction of sp³-hybridized carbons (Fsp3) is 0.227. The van der Waals surface area contributed by atoms with Crippen molar-refractivity contribution in [2.45, 2.75) is 17.9 Å². The highest BCUT2D eigenvalue weighted by molar-refractivity contribution is 7.89. The number of sulfonamides is 1. The first-order valence-electron chi connectivity index (χ1n) is 9.80. The molecule has 3 rings (SSSR count). The van der Waals surface area contributed by atoms with Crippen molar-refractivity contribution in [3.8, 4) is 11.3 Å². The van der Waals surface area contributed by atoms with Crippen LogP contribution in [0.15, 0.2) is 70.1 Å². The van der Waals surface area contributed by atoms with Crippen molar-refractivity contribution >= 4 is 21.8 Å². The van der Waals surface area contributed by atoms with Gasteiger partial charge in [-0.3, -0.25) is 9.59 Å². The Labute approximate surface area is 186 Å². The number of rotatable bonds is 8. The summed E-state index contributed by atoms with van der Waals surface area (Å²) in [6.07, 6.45) is 0. The minimum Gasteiger partial charge on any atom is -0.355 e. The fourth-order valence-electron chi connectivity index (χ4n) is 2.89. The van der Waals surface area contributed by atoms with Crippen LogP contribution in [0.1, 0.15) is 29.0 Å². The van der Waals surface area contributed by atoms with Crippen molar-refractivity contribution in [1.82, 2.24) is 20.1 Å². The second-order valence-corrected chi connectivity index (χ2v) is 9.42. The van der Waals surface area contributed by atoms with Crippen LogP contribution in [-0.4, -0.2) is 50.3 Å². The first-order chi connectivity index (χ1) is 15.2. The van der Waals surface area contributed by atoms with Crippen molar-refractivity contribution in [3.05, 3.63) is 71.9 Å². The molecule has 0 aliphatic carbocycles. The molecule has 0 spiro atoms. The first-order valence-corrected chi connectivity index (χ1v) is 11.2. The van der Waals surface area contributed by atoms with Crippen LogP contribution in [0.3, 0.4) is 0 Å². The van der Waals surface area contributed by atoms with Gasteiger partial charge < -0.3 is 15.2 Å². The Kier molecular flexibility index (Phi) is 7.06. The van der Waals surface area contributed by atoms with Crippen molar-refractivity contribution in [2.75, 3.05) is 20.6 Å². The second-order valence-electron chi connectivity index (χ2n) is 7.27. The van der Waals surface area contributed by atoms with Gasteiger partial charge in [0.1, 0.15) is 0 Å². The number of nitrogens with zero attached hydrogens (tertiary/aromatic N) is 2. The molecular formula is C22H24N4O5S.